The molecule has 4 aromatic rings. The van der Waals surface area contributed by atoms with Crippen molar-refractivity contribution in [2.75, 3.05) is 18.4 Å². The Morgan fingerprint density at radius 3 is 2.34 bits per heavy atom. The fraction of sp³-hybridized carbons (Fsp3) is 0.323. The maximum atomic E-state index is 13.7. The standard InChI is InChI=1S/C31H35N3O3S/c1-21-13-14-28(32-24(4)35)30(19-21)38(36,37)33-17-15-25(16-18-33)31-23(3)34(29-12-8-7-11-27(29)31)20-26-10-6-5-9-22(26)2/h5-14,19,25H,15-18,20H2,1-4H3,(H,32,35). The smallest absolute Gasteiger partial charge is 0.245 e. The van der Waals surface area contributed by atoms with Gasteiger partial charge in [0.2, 0.25) is 15.9 Å². The molecule has 0 unspecified atom stereocenters. The van der Waals surface area contributed by atoms with Crippen molar-refractivity contribution in [1.82, 2.24) is 8.87 Å². The van der Waals surface area contributed by atoms with Gasteiger partial charge in [0.25, 0.3) is 0 Å². The molecular weight excluding hydrogens is 494 g/mol. The Hall–Kier alpha value is -3.42. The van der Waals surface area contributed by atoms with Crippen molar-refractivity contribution in [3.05, 3.63) is 94.7 Å². The van der Waals surface area contributed by atoms with E-state index in [4.69, 9.17) is 0 Å². The highest BCUT2D eigenvalue weighted by molar-refractivity contribution is 7.89. The zero-order chi connectivity index (χ0) is 27.0. The van der Waals surface area contributed by atoms with Crippen molar-refractivity contribution >= 4 is 32.5 Å². The Morgan fingerprint density at radius 1 is 0.947 bits per heavy atom. The molecule has 0 spiro atoms. The van der Waals surface area contributed by atoms with Crippen molar-refractivity contribution in [3.63, 3.8) is 0 Å². The third-order valence-electron chi connectivity index (χ3n) is 7.80. The van der Waals surface area contributed by atoms with E-state index < -0.39 is 10.0 Å². The Kier molecular flexibility index (Phi) is 7.16. The van der Waals surface area contributed by atoms with Gasteiger partial charge in [0.15, 0.2) is 0 Å². The second-order valence-electron chi connectivity index (χ2n) is 10.4. The number of carbonyl (C=O) groups is 1. The summed E-state index contributed by atoms with van der Waals surface area (Å²) in [6, 6.07) is 22.2. The van der Waals surface area contributed by atoms with Crippen LogP contribution in [0.1, 0.15) is 53.6 Å². The molecule has 1 aliphatic heterocycles. The summed E-state index contributed by atoms with van der Waals surface area (Å²) in [5, 5.41) is 3.94. The van der Waals surface area contributed by atoms with Crippen molar-refractivity contribution < 1.29 is 13.2 Å². The number of nitrogens with zero attached hydrogens (tertiary/aromatic N) is 2. The zero-order valence-electron chi connectivity index (χ0n) is 22.5. The monoisotopic (exact) mass is 529 g/mol. The number of aromatic nitrogens is 1. The molecule has 7 heteroatoms. The largest absolute Gasteiger partial charge is 0.340 e. The predicted molar refractivity (Wildman–Crippen MR) is 153 cm³/mol. The molecule has 1 fully saturated rings. The molecule has 0 bridgehead atoms. The molecule has 0 saturated carbocycles. The van der Waals surface area contributed by atoms with Crippen LogP contribution in [-0.4, -0.2) is 36.3 Å². The lowest BCUT2D eigenvalue weighted by Crippen LogP contribution is -2.38. The van der Waals surface area contributed by atoms with Gasteiger partial charge >= 0.3 is 0 Å². The lowest BCUT2D eigenvalue weighted by atomic mass is 9.88. The van der Waals surface area contributed by atoms with Crippen LogP contribution in [0.5, 0.6) is 0 Å². The van der Waals surface area contributed by atoms with Crippen LogP contribution >= 0.6 is 0 Å². The Labute approximate surface area is 225 Å². The first-order chi connectivity index (χ1) is 18.2. The Bertz CT molecular complexity index is 1610. The molecule has 1 aromatic heterocycles. The van der Waals surface area contributed by atoms with Crippen LogP contribution < -0.4 is 5.32 Å². The van der Waals surface area contributed by atoms with E-state index in [2.05, 4.69) is 72.3 Å². The second kappa shape index (κ2) is 10.4. The minimum Gasteiger partial charge on any atom is -0.340 e. The predicted octanol–water partition coefficient (Wildman–Crippen LogP) is 6.14. The minimum atomic E-state index is -3.75. The lowest BCUT2D eigenvalue weighted by molar-refractivity contribution is -0.114. The number of hydrogen-bond donors (Lipinski definition) is 1. The van der Waals surface area contributed by atoms with Crippen LogP contribution in [0.2, 0.25) is 0 Å². The summed E-state index contributed by atoms with van der Waals surface area (Å²) in [6.45, 7) is 9.29. The highest BCUT2D eigenvalue weighted by Gasteiger charge is 2.33. The normalized spacial score (nSPS) is 15.2. The van der Waals surface area contributed by atoms with Gasteiger partial charge < -0.3 is 9.88 Å². The first kappa shape index (κ1) is 26.2. The Morgan fingerprint density at radius 2 is 1.63 bits per heavy atom. The number of fused-ring (bicyclic) bond motifs is 1. The van der Waals surface area contributed by atoms with Gasteiger partial charge in [-0.2, -0.15) is 4.31 Å². The fourth-order valence-electron chi connectivity index (χ4n) is 5.79. The van der Waals surface area contributed by atoms with Gasteiger partial charge in [-0.15, -0.1) is 0 Å². The summed E-state index contributed by atoms with van der Waals surface area (Å²) in [5.41, 5.74) is 7.56. The molecule has 3 aromatic carbocycles. The molecular formula is C31H35N3O3S. The number of piperidine rings is 1. The number of carbonyl (C=O) groups excluding carboxylic acids is 1. The Balaban J connectivity index is 1.43. The van der Waals surface area contributed by atoms with Crippen molar-refractivity contribution in [2.24, 2.45) is 0 Å². The molecule has 0 aliphatic carbocycles. The minimum absolute atomic E-state index is 0.164. The number of benzene rings is 3. The van der Waals surface area contributed by atoms with E-state index in [0.29, 0.717) is 18.8 Å². The highest BCUT2D eigenvalue weighted by atomic mass is 32.2. The van der Waals surface area contributed by atoms with E-state index in [1.807, 2.05) is 13.0 Å². The molecule has 6 nitrogen and oxygen atoms in total. The number of para-hydroxylation sites is 1. The molecule has 1 aliphatic rings. The van der Waals surface area contributed by atoms with E-state index in [1.54, 1.807) is 16.4 Å². The van der Waals surface area contributed by atoms with E-state index in [1.165, 1.54) is 40.2 Å². The molecule has 5 rings (SSSR count). The van der Waals surface area contributed by atoms with Gasteiger partial charge in [-0.3, -0.25) is 4.79 Å². The van der Waals surface area contributed by atoms with Crippen molar-refractivity contribution in [1.29, 1.82) is 0 Å². The quantitative estimate of drug-likeness (QED) is 0.326. The third-order valence-corrected chi connectivity index (χ3v) is 9.74. The SMILES string of the molecule is CC(=O)Nc1ccc(C)cc1S(=O)(=O)N1CCC(c2c(C)n(Cc3ccccc3C)c3ccccc23)CC1. The maximum Gasteiger partial charge on any atom is 0.245 e. The number of hydrogen-bond acceptors (Lipinski definition) is 3. The summed E-state index contributed by atoms with van der Waals surface area (Å²) < 4.78 is 31.3. The molecule has 0 radical (unpaired) electrons. The van der Waals surface area contributed by atoms with Crippen LogP contribution in [0.4, 0.5) is 5.69 Å². The van der Waals surface area contributed by atoms with Crippen LogP contribution in [0.3, 0.4) is 0 Å². The number of sulfonamides is 1. The topological polar surface area (TPSA) is 71.4 Å². The molecule has 2 heterocycles. The number of anilines is 1. The van der Waals surface area contributed by atoms with Crippen LogP contribution in [0.25, 0.3) is 10.9 Å². The molecule has 1 amide bonds. The second-order valence-corrected chi connectivity index (χ2v) is 12.3. The maximum absolute atomic E-state index is 13.7. The van der Waals surface area contributed by atoms with Gasteiger partial charge in [0, 0.05) is 43.2 Å². The molecule has 38 heavy (non-hydrogen) atoms. The summed E-state index contributed by atoms with van der Waals surface area (Å²) in [5.74, 6) is -0.0154. The molecule has 1 N–H and O–H groups in total. The fourth-order valence-corrected chi connectivity index (χ4v) is 7.50. The van der Waals surface area contributed by atoms with Gasteiger partial charge in [-0.1, -0.05) is 48.5 Å². The molecule has 1 saturated heterocycles. The third kappa shape index (κ3) is 4.88. The zero-order valence-corrected chi connectivity index (χ0v) is 23.3. The van der Waals surface area contributed by atoms with Crippen LogP contribution in [0, 0.1) is 20.8 Å². The number of amides is 1. The molecule has 0 atom stereocenters. The number of rotatable bonds is 6. The number of aryl methyl sites for hydroxylation is 2. The summed E-state index contributed by atoms with van der Waals surface area (Å²) in [7, 11) is -3.75. The van der Waals surface area contributed by atoms with E-state index in [-0.39, 0.29) is 16.7 Å². The number of nitrogens with one attached hydrogen (secondary N) is 1. The average molecular weight is 530 g/mol. The van der Waals surface area contributed by atoms with Gasteiger partial charge in [0.05, 0.1) is 5.69 Å². The van der Waals surface area contributed by atoms with Gasteiger partial charge in [0.1, 0.15) is 4.90 Å². The van der Waals surface area contributed by atoms with E-state index in [0.717, 1.165) is 24.9 Å². The average Bonchev–Trinajstić information content (AvgIpc) is 3.17. The van der Waals surface area contributed by atoms with Crippen LogP contribution in [-0.2, 0) is 21.4 Å². The van der Waals surface area contributed by atoms with E-state index in [9.17, 15) is 13.2 Å². The van der Waals surface area contributed by atoms with E-state index >= 15 is 0 Å². The van der Waals surface area contributed by atoms with Crippen LogP contribution in [0.15, 0.2) is 71.6 Å². The van der Waals surface area contributed by atoms with Crippen molar-refractivity contribution in [3.8, 4) is 0 Å². The van der Waals surface area contributed by atoms with Gasteiger partial charge in [-0.05, 0) is 80.0 Å². The van der Waals surface area contributed by atoms with Crippen molar-refractivity contribution in [2.45, 2.75) is 57.9 Å². The molecule has 198 valence electrons. The summed E-state index contributed by atoms with van der Waals surface area (Å²) in [4.78, 5) is 11.9. The lowest BCUT2D eigenvalue weighted by Gasteiger charge is -2.32. The summed E-state index contributed by atoms with van der Waals surface area (Å²) >= 11 is 0. The first-order valence-corrected chi connectivity index (χ1v) is 14.6. The summed E-state index contributed by atoms with van der Waals surface area (Å²) in [6.07, 6.45) is 1.50. The van der Waals surface area contributed by atoms with Gasteiger partial charge in [-0.25, -0.2) is 8.42 Å². The highest BCUT2D eigenvalue weighted by Crippen LogP contribution is 2.39. The first-order valence-electron chi connectivity index (χ1n) is 13.2.